The lowest BCUT2D eigenvalue weighted by molar-refractivity contribution is -0.138. The molecule has 184 valence electrons. The van der Waals surface area contributed by atoms with Crippen molar-refractivity contribution in [3.8, 4) is 0 Å². The molecule has 1 heterocycles. The molecule has 35 heavy (non-hydrogen) atoms. The second kappa shape index (κ2) is 10.2. The smallest absolute Gasteiger partial charge is 0.322 e. The number of aliphatic hydroxyl groups excluding tert-OH is 1. The number of carbonyl (C=O) groups excluding carboxylic acids is 1. The lowest BCUT2D eigenvalue weighted by Crippen LogP contribution is -2.42. The highest BCUT2D eigenvalue weighted by molar-refractivity contribution is 7.89. The van der Waals surface area contributed by atoms with Gasteiger partial charge in [-0.05, 0) is 53.4 Å². The number of sulfonamides is 1. The number of β-amino-alcohol motifs (C(OH)–C–C–N with tert-alkyl or cyclic N) is 1. The number of hydrogen-bond donors (Lipinski definition) is 4. The van der Waals surface area contributed by atoms with Crippen LogP contribution < -0.4 is 10.0 Å². The summed E-state index contributed by atoms with van der Waals surface area (Å²) >= 11 is 11.8. The largest absolute Gasteiger partial charge is 0.480 e. The lowest BCUT2D eigenvalue weighted by atomic mass is 9.92. The molecule has 1 aliphatic heterocycles. The highest BCUT2D eigenvalue weighted by Gasteiger charge is 2.31. The van der Waals surface area contributed by atoms with Gasteiger partial charge in [-0.3, -0.25) is 9.59 Å². The minimum absolute atomic E-state index is 0.0908. The van der Waals surface area contributed by atoms with Crippen LogP contribution in [0.2, 0.25) is 10.0 Å². The highest BCUT2D eigenvalue weighted by Crippen LogP contribution is 2.26. The fourth-order valence-electron chi connectivity index (χ4n) is 4.15. The second-order valence-corrected chi connectivity index (χ2v) is 11.0. The van der Waals surface area contributed by atoms with Crippen LogP contribution in [0.3, 0.4) is 0 Å². The number of hydrogen-bond acceptors (Lipinski definition) is 6. The summed E-state index contributed by atoms with van der Waals surface area (Å²) in [5, 5.41) is 24.2. The van der Waals surface area contributed by atoms with Crippen molar-refractivity contribution in [1.29, 1.82) is 0 Å². The number of rotatable bonds is 8. The van der Waals surface area contributed by atoms with Crippen LogP contribution in [-0.2, 0) is 21.2 Å². The van der Waals surface area contributed by atoms with Gasteiger partial charge in [-0.25, -0.2) is 8.42 Å². The summed E-state index contributed by atoms with van der Waals surface area (Å²) < 4.78 is 27.9. The third kappa shape index (κ3) is 5.83. The molecule has 0 unspecified atom stereocenters. The van der Waals surface area contributed by atoms with E-state index in [1.165, 1.54) is 18.2 Å². The van der Waals surface area contributed by atoms with Gasteiger partial charge in [0.15, 0.2) is 5.78 Å². The van der Waals surface area contributed by atoms with E-state index < -0.39 is 34.2 Å². The molecule has 4 rings (SSSR count). The molecule has 0 radical (unpaired) electrons. The Balaban J connectivity index is 1.67. The topological polar surface area (TPSA) is 133 Å². The molecule has 0 aliphatic carbocycles. The number of carboxylic acids is 1. The van der Waals surface area contributed by atoms with E-state index in [0.29, 0.717) is 28.4 Å². The molecular weight excluding hydrogens is 515 g/mol. The third-order valence-corrected chi connectivity index (χ3v) is 7.68. The molecule has 0 amide bonds. The molecule has 3 aromatic carbocycles. The van der Waals surface area contributed by atoms with E-state index in [-0.39, 0.29) is 33.6 Å². The van der Waals surface area contributed by atoms with Crippen LogP contribution in [-0.4, -0.2) is 55.1 Å². The fourth-order valence-corrected chi connectivity index (χ4v) is 6.07. The number of aliphatic carboxylic acids is 1. The van der Waals surface area contributed by atoms with Crippen LogP contribution in [0.15, 0.2) is 59.5 Å². The quantitative estimate of drug-likeness (QED) is 0.325. The van der Waals surface area contributed by atoms with E-state index in [0.717, 1.165) is 0 Å². The van der Waals surface area contributed by atoms with E-state index in [9.17, 15) is 28.2 Å². The van der Waals surface area contributed by atoms with Gasteiger partial charge in [0.1, 0.15) is 6.04 Å². The van der Waals surface area contributed by atoms with E-state index in [1.54, 1.807) is 36.4 Å². The van der Waals surface area contributed by atoms with Gasteiger partial charge < -0.3 is 15.5 Å². The summed E-state index contributed by atoms with van der Waals surface area (Å²) in [6.45, 7) is 0.310. The van der Waals surface area contributed by atoms with E-state index in [4.69, 9.17) is 23.2 Å². The summed E-state index contributed by atoms with van der Waals surface area (Å²) in [4.78, 5) is 25.0. The molecular formula is C24H22Cl2N2O6S. The Morgan fingerprint density at radius 2 is 1.77 bits per heavy atom. The number of ketones is 1. The molecule has 1 fully saturated rings. The number of carboxylic acid groups (broad SMARTS) is 1. The Bertz CT molecular complexity index is 1390. The number of halogens is 2. The molecule has 0 bridgehead atoms. The molecule has 4 N–H and O–H groups in total. The highest BCUT2D eigenvalue weighted by atomic mass is 35.5. The predicted molar refractivity (Wildman–Crippen MR) is 133 cm³/mol. The zero-order valence-electron chi connectivity index (χ0n) is 18.2. The van der Waals surface area contributed by atoms with Crippen molar-refractivity contribution in [2.24, 2.45) is 0 Å². The van der Waals surface area contributed by atoms with Gasteiger partial charge in [-0.1, -0.05) is 53.5 Å². The number of fused-ring (bicyclic) bond motifs is 1. The van der Waals surface area contributed by atoms with E-state index in [1.807, 2.05) is 0 Å². The fraction of sp³-hybridized carbons (Fsp3) is 0.250. The van der Waals surface area contributed by atoms with E-state index in [2.05, 4.69) is 10.0 Å². The van der Waals surface area contributed by atoms with Crippen molar-refractivity contribution >= 4 is 55.8 Å². The van der Waals surface area contributed by atoms with E-state index >= 15 is 0 Å². The van der Waals surface area contributed by atoms with Crippen molar-refractivity contribution < 1.29 is 28.2 Å². The van der Waals surface area contributed by atoms with Crippen LogP contribution in [0.25, 0.3) is 10.8 Å². The number of aliphatic hydroxyl groups is 1. The first-order chi connectivity index (χ1) is 16.5. The Morgan fingerprint density at radius 1 is 1.09 bits per heavy atom. The number of benzene rings is 3. The molecule has 3 atom stereocenters. The first-order valence-electron chi connectivity index (χ1n) is 10.7. The van der Waals surface area contributed by atoms with Crippen LogP contribution in [0.4, 0.5) is 0 Å². The Labute approximate surface area is 211 Å². The predicted octanol–water partition coefficient (Wildman–Crippen LogP) is 3.03. The molecule has 0 saturated carbocycles. The maximum absolute atomic E-state index is 13.2. The van der Waals surface area contributed by atoms with Crippen LogP contribution in [0, 0.1) is 0 Å². The molecule has 8 nitrogen and oxygen atoms in total. The van der Waals surface area contributed by atoms with Crippen molar-refractivity contribution in [2.45, 2.75) is 35.9 Å². The molecule has 11 heteroatoms. The summed E-state index contributed by atoms with van der Waals surface area (Å²) in [5.41, 5.74) is 0.836. The number of nitrogens with one attached hydrogen (secondary N) is 2. The maximum Gasteiger partial charge on any atom is 0.322 e. The first-order valence-corrected chi connectivity index (χ1v) is 13.0. The Hall–Kier alpha value is -2.53. The van der Waals surface area contributed by atoms with Gasteiger partial charge in [0.25, 0.3) is 0 Å². The van der Waals surface area contributed by atoms with Crippen molar-refractivity contribution in [1.82, 2.24) is 10.0 Å². The average molecular weight is 537 g/mol. The summed E-state index contributed by atoms with van der Waals surface area (Å²) in [7, 11) is -4.26. The zero-order chi connectivity index (χ0) is 25.3. The van der Waals surface area contributed by atoms with Crippen LogP contribution in [0.1, 0.15) is 22.3 Å². The Kier molecular flexibility index (Phi) is 7.46. The van der Waals surface area contributed by atoms with Crippen LogP contribution in [0.5, 0.6) is 0 Å². The minimum atomic E-state index is -4.26. The summed E-state index contributed by atoms with van der Waals surface area (Å²) in [6, 6.07) is 12.1. The minimum Gasteiger partial charge on any atom is -0.480 e. The third-order valence-electron chi connectivity index (χ3n) is 5.79. The van der Waals surface area contributed by atoms with Gasteiger partial charge in [-0.2, -0.15) is 4.72 Å². The number of Topliss-reactive ketones (excluding diaryl/α,β-unsaturated/α-hetero) is 1. The van der Waals surface area contributed by atoms with Gasteiger partial charge in [-0.15, -0.1) is 0 Å². The average Bonchev–Trinajstić information content (AvgIpc) is 3.23. The van der Waals surface area contributed by atoms with Gasteiger partial charge in [0, 0.05) is 22.2 Å². The van der Waals surface area contributed by atoms with Gasteiger partial charge >= 0.3 is 5.97 Å². The number of carbonyl (C=O) groups is 2. The second-order valence-electron chi connectivity index (χ2n) is 8.40. The molecule has 1 saturated heterocycles. The Morgan fingerprint density at radius 3 is 2.40 bits per heavy atom. The maximum atomic E-state index is 13.2. The first kappa shape index (κ1) is 25.6. The molecule has 0 aromatic heterocycles. The normalized spacial score (nSPS) is 19.1. The van der Waals surface area contributed by atoms with Gasteiger partial charge in [0.05, 0.1) is 17.0 Å². The SMILES string of the molecule is O=C(O)[C@H](Cc1cc(C(=O)[C@@H]2C[C@H](O)CN2)c2ccccc2c1)NS(=O)(=O)c1cc(Cl)cc(Cl)c1. The molecule has 1 aliphatic rings. The zero-order valence-corrected chi connectivity index (χ0v) is 20.6. The monoisotopic (exact) mass is 536 g/mol. The van der Waals surface area contributed by atoms with Crippen LogP contribution >= 0.6 is 23.2 Å². The molecule has 0 spiro atoms. The van der Waals surface area contributed by atoms with Crippen molar-refractivity contribution in [3.05, 3.63) is 75.8 Å². The van der Waals surface area contributed by atoms with Crippen molar-refractivity contribution in [2.75, 3.05) is 6.54 Å². The summed E-state index contributed by atoms with van der Waals surface area (Å²) in [5.74, 6) is -1.61. The standard InChI is InChI=1S/C24H22Cl2N2O6S/c25-15-8-16(26)10-18(9-15)35(33,34)28-22(24(31)32)7-13-5-14-3-1-2-4-19(14)20(6-13)23(30)21-11-17(29)12-27-21/h1-6,8-10,17,21-22,27-29H,7,11-12H2,(H,31,32)/t17-,21-,22-/m0/s1. The molecule has 3 aromatic rings. The lowest BCUT2D eigenvalue weighted by Gasteiger charge is -2.17. The van der Waals surface area contributed by atoms with Gasteiger partial charge in [0.2, 0.25) is 10.0 Å². The van der Waals surface area contributed by atoms with Crippen molar-refractivity contribution in [3.63, 3.8) is 0 Å². The summed E-state index contributed by atoms with van der Waals surface area (Å²) in [6.07, 6.45) is -0.560.